The van der Waals surface area contributed by atoms with E-state index in [-0.39, 0.29) is 43.2 Å². The van der Waals surface area contributed by atoms with Crippen molar-refractivity contribution in [1.82, 2.24) is 4.90 Å². The molecule has 0 unspecified atom stereocenters. The van der Waals surface area contributed by atoms with Crippen LogP contribution in [0.15, 0.2) is 36.4 Å². The van der Waals surface area contributed by atoms with Crippen LogP contribution in [0.5, 0.6) is 5.75 Å². The second-order valence-corrected chi connectivity index (χ2v) is 15.0. The summed E-state index contributed by atoms with van der Waals surface area (Å²) in [6.07, 6.45) is 0.742. The molecule has 0 saturated heterocycles. The molecule has 0 bridgehead atoms. The number of Topliss-reactive ketones (excluding diaryl/α,β-unsaturated/α-hetero) is 1. The van der Waals surface area contributed by atoms with Gasteiger partial charge < -0.3 is 14.7 Å². The summed E-state index contributed by atoms with van der Waals surface area (Å²) in [6, 6.07) is 9.75. The van der Waals surface area contributed by atoms with Crippen molar-refractivity contribution in [2.45, 2.75) is 64.7 Å². The van der Waals surface area contributed by atoms with Crippen LogP contribution in [0.25, 0.3) is 0 Å². The van der Waals surface area contributed by atoms with Crippen molar-refractivity contribution in [2.24, 2.45) is 0 Å². The van der Waals surface area contributed by atoms with Crippen molar-refractivity contribution in [1.29, 1.82) is 0 Å². The number of carboxylic acid groups (broad SMARTS) is 1. The van der Waals surface area contributed by atoms with Crippen LogP contribution in [0.4, 0.5) is 4.39 Å². The number of carboxylic acids is 1. The van der Waals surface area contributed by atoms with E-state index < -0.39 is 20.1 Å². The fraction of sp³-hybridized carbons (Fsp3) is 0.444. The highest BCUT2D eigenvalue weighted by atomic mass is 28.3. The molecule has 1 amide bonds. The number of halogens is 1. The van der Waals surface area contributed by atoms with Crippen molar-refractivity contribution in [3.8, 4) is 5.75 Å². The monoisotopic (exact) mass is 499 g/mol. The minimum atomic E-state index is -1.85. The standard InChI is InChI=1S/C27H34FNO5Si/c1-5-34-20-10-11-21-19(17-20)13-14-29(25(31)7-6-8-26(32)33)27(21)23(30)16-18-9-12-24(22(28)15-18)35(2,3)4/h9-12,15,17,27H,5-8,13-14,16H2,1-4H3,(H,32,33)/t27-/m1/s1. The molecule has 8 heteroatoms. The molecule has 1 heterocycles. The molecule has 35 heavy (non-hydrogen) atoms. The maximum atomic E-state index is 14.8. The highest BCUT2D eigenvalue weighted by molar-refractivity contribution is 6.88. The predicted octanol–water partition coefficient (Wildman–Crippen LogP) is 4.26. The Labute approximate surface area is 207 Å². The summed E-state index contributed by atoms with van der Waals surface area (Å²) in [5.74, 6) is -0.975. The number of rotatable bonds is 10. The largest absolute Gasteiger partial charge is 0.494 e. The summed E-state index contributed by atoms with van der Waals surface area (Å²) in [4.78, 5) is 39.1. The van der Waals surface area contributed by atoms with E-state index >= 15 is 0 Å². The van der Waals surface area contributed by atoms with E-state index in [1.165, 1.54) is 6.07 Å². The van der Waals surface area contributed by atoms with Crippen molar-refractivity contribution in [2.75, 3.05) is 13.2 Å². The lowest BCUT2D eigenvalue weighted by atomic mass is 9.87. The van der Waals surface area contributed by atoms with Gasteiger partial charge in [-0.2, -0.15) is 0 Å². The van der Waals surface area contributed by atoms with Gasteiger partial charge in [0.25, 0.3) is 0 Å². The average Bonchev–Trinajstić information content (AvgIpc) is 2.77. The number of ketones is 1. The normalized spacial score (nSPS) is 15.5. The Hall–Kier alpha value is -3.00. The fourth-order valence-corrected chi connectivity index (χ4v) is 5.96. The summed E-state index contributed by atoms with van der Waals surface area (Å²) in [5, 5.41) is 9.63. The molecule has 0 saturated carbocycles. The lowest BCUT2D eigenvalue weighted by Crippen LogP contribution is -2.44. The number of aliphatic carboxylic acids is 1. The zero-order valence-electron chi connectivity index (χ0n) is 20.9. The van der Waals surface area contributed by atoms with Crippen molar-refractivity contribution >= 4 is 30.9 Å². The number of hydrogen-bond acceptors (Lipinski definition) is 4. The van der Waals surface area contributed by atoms with E-state index in [1.54, 1.807) is 23.1 Å². The first-order valence-electron chi connectivity index (χ1n) is 12.1. The van der Waals surface area contributed by atoms with E-state index in [2.05, 4.69) is 19.6 Å². The summed E-state index contributed by atoms with van der Waals surface area (Å²) in [7, 11) is -1.85. The van der Waals surface area contributed by atoms with Crippen LogP contribution in [0.1, 0.15) is 48.9 Å². The molecule has 2 aromatic rings. The smallest absolute Gasteiger partial charge is 0.303 e. The molecular formula is C27H34FNO5Si. The number of hydrogen-bond donors (Lipinski definition) is 1. The average molecular weight is 500 g/mol. The van der Waals surface area contributed by atoms with E-state index in [4.69, 9.17) is 9.84 Å². The Balaban J connectivity index is 1.90. The maximum absolute atomic E-state index is 14.8. The molecule has 0 radical (unpaired) electrons. The fourth-order valence-electron chi connectivity index (χ4n) is 4.58. The topological polar surface area (TPSA) is 83.9 Å². The molecular weight excluding hydrogens is 465 g/mol. The molecule has 1 aliphatic rings. The van der Waals surface area contributed by atoms with Gasteiger partial charge in [-0.3, -0.25) is 14.4 Å². The number of carbonyl (C=O) groups is 3. The van der Waals surface area contributed by atoms with Gasteiger partial charge in [0, 0.05) is 25.8 Å². The highest BCUT2D eigenvalue weighted by Crippen LogP contribution is 2.34. The zero-order chi connectivity index (χ0) is 25.8. The third kappa shape index (κ3) is 6.57. The zero-order valence-corrected chi connectivity index (χ0v) is 21.9. The lowest BCUT2D eigenvalue weighted by molar-refractivity contribution is -0.141. The Morgan fingerprint density at radius 1 is 1.11 bits per heavy atom. The van der Waals surface area contributed by atoms with Crippen LogP contribution < -0.4 is 9.92 Å². The van der Waals surface area contributed by atoms with Gasteiger partial charge in [0.1, 0.15) is 17.6 Å². The SMILES string of the molecule is CCOc1ccc2c(c1)CCN(C(=O)CCCC(=O)O)[C@H]2C(=O)Cc1ccc([Si](C)(C)C)c(F)c1. The molecule has 0 fully saturated rings. The second-order valence-electron chi connectivity index (χ2n) is 9.99. The number of fused-ring (bicyclic) bond motifs is 1. The predicted molar refractivity (Wildman–Crippen MR) is 135 cm³/mol. The highest BCUT2D eigenvalue weighted by Gasteiger charge is 2.35. The quantitative estimate of drug-likeness (QED) is 0.494. The van der Waals surface area contributed by atoms with Gasteiger partial charge in [-0.05, 0) is 59.8 Å². The van der Waals surface area contributed by atoms with Crippen LogP contribution in [0, 0.1) is 5.82 Å². The van der Waals surface area contributed by atoms with Crippen LogP contribution in [0.3, 0.4) is 0 Å². The van der Waals surface area contributed by atoms with Crippen LogP contribution in [-0.4, -0.2) is 48.9 Å². The Morgan fingerprint density at radius 2 is 1.86 bits per heavy atom. The van der Waals surface area contributed by atoms with Crippen LogP contribution in [-0.2, 0) is 27.2 Å². The van der Waals surface area contributed by atoms with Crippen molar-refractivity contribution in [3.05, 3.63) is 58.9 Å². The first-order chi connectivity index (χ1) is 16.5. The Kier molecular flexibility index (Phi) is 8.48. The molecule has 1 N–H and O–H groups in total. The second kappa shape index (κ2) is 11.2. The third-order valence-corrected chi connectivity index (χ3v) is 8.30. The van der Waals surface area contributed by atoms with Crippen LogP contribution in [0.2, 0.25) is 19.6 Å². The van der Waals surface area contributed by atoms with Gasteiger partial charge in [0.15, 0.2) is 5.78 Å². The van der Waals surface area contributed by atoms with E-state index in [9.17, 15) is 18.8 Å². The minimum absolute atomic E-state index is 0.000871. The summed E-state index contributed by atoms with van der Waals surface area (Å²) in [6.45, 7) is 8.98. The molecule has 0 spiro atoms. The first kappa shape index (κ1) is 26.6. The summed E-state index contributed by atoms with van der Waals surface area (Å²) >= 11 is 0. The first-order valence-corrected chi connectivity index (χ1v) is 15.6. The van der Waals surface area contributed by atoms with Crippen LogP contribution >= 0.6 is 0 Å². The maximum Gasteiger partial charge on any atom is 0.303 e. The molecule has 0 aromatic heterocycles. The van der Waals surface area contributed by atoms with Crippen molar-refractivity contribution < 1.29 is 28.6 Å². The molecule has 188 valence electrons. The molecule has 6 nitrogen and oxygen atoms in total. The van der Waals surface area contributed by atoms with Gasteiger partial charge in [-0.1, -0.05) is 37.8 Å². The molecule has 1 aliphatic heterocycles. The molecule has 1 atom stereocenters. The number of amides is 1. The van der Waals surface area contributed by atoms with E-state index in [1.807, 2.05) is 19.1 Å². The van der Waals surface area contributed by atoms with Gasteiger partial charge in [0.2, 0.25) is 5.91 Å². The van der Waals surface area contributed by atoms with Gasteiger partial charge in [-0.15, -0.1) is 0 Å². The Morgan fingerprint density at radius 3 is 2.49 bits per heavy atom. The number of benzene rings is 2. The molecule has 2 aromatic carbocycles. The molecule has 3 rings (SSSR count). The lowest BCUT2D eigenvalue weighted by Gasteiger charge is -2.37. The van der Waals surface area contributed by atoms with Gasteiger partial charge in [-0.25, -0.2) is 4.39 Å². The summed E-state index contributed by atoms with van der Waals surface area (Å²) < 4.78 is 20.4. The Bertz CT molecular complexity index is 1110. The van der Waals surface area contributed by atoms with Crippen molar-refractivity contribution in [3.63, 3.8) is 0 Å². The van der Waals surface area contributed by atoms with Gasteiger partial charge in [0.05, 0.1) is 14.7 Å². The summed E-state index contributed by atoms with van der Waals surface area (Å²) in [5.41, 5.74) is 2.27. The van der Waals surface area contributed by atoms with E-state index in [0.717, 1.165) is 16.3 Å². The number of carbonyl (C=O) groups excluding carboxylic acids is 2. The minimum Gasteiger partial charge on any atom is -0.494 e. The van der Waals surface area contributed by atoms with E-state index in [0.29, 0.717) is 30.9 Å². The third-order valence-electron chi connectivity index (χ3n) is 6.28. The number of ether oxygens (including phenoxy) is 1. The van der Waals surface area contributed by atoms with Gasteiger partial charge >= 0.3 is 5.97 Å². The molecule has 0 aliphatic carbocycles. The number of nitrogens with zero attached hydrogens (tertiary/aromatic N) is 1.